The average molecular weight is 463 g/mol. The average Bonchev–Trinajstić information content (AvgIpc) is 2.86. The first-order chi connectivity index (χ1) is 16.4. The third-order valence-electron chi connectivity index (χ3n) is 4.78. The number of carbonyl (C=O) groups is 2. The second-order valence-electron chi connectivity index (χ2n) is 6.87. The molecule has 0 saturated heterocycles. The molecule has 0 heterocycles. The van der Waals surface area contributed by atoms with Gasteiger partial charge in [0.15, 0.2) is 17.3 Å². The number of esters is 1. The molecule has 3 rings (SSSR count). The van der Waals surface area contributed by atoms with Crippen molar-refractivity contribution >= 4 is 23.5 Å². The first-order valence-electron chi connectivity index (χ1n) is 9.95. The summed E-state index contributed by atoms with van der Waals surface area (Å²) in [7, 11) is 4.52. The molecule has 0 spiro atoms. The molecule has 0 fully saturated rings. The molecule has 0 amide bonds. The SMILES string of the molecule is COc1cc(/C=C/C(=O)c2ccc(OC(=O)c3ccc([N+](=O)[O-])cc3)cc2)cc(OC)c1OC. The molecule has 0 atom stereocenters. The van der Waals surface area contributed by atoms with Gasteiger partial charge in [0.05, 0.1) is 31.8 Å². The number of hydrogen-bond donors (Lipinski definition) is 0. The van der Waals surface area contributed by atoms with Crippen molar-refractivity contribution in [2.45, 2.75) is 0 Å². The normalized spacial score (nSPS) is 10.6. The highest BCUT2D eigenvalue weighted by Crippen LogP contribution is 2.38. The van der Waals surface area contributed by atoms with E-state index in [1.165, 1.54) is 75.9 Å². The Balaban J connectivity index is 1.68. The van der Waals surface area contributed by atoms with Crippen molar-refractivity contribution in [3.8, 4) is 23.0 Å². The number of allylic oxidation sites excluding steroid dienone is 1. The number of nitro groups is 1. The number of hydrogen-bond acceptors (Lipinski definition) is 8. The summed E-state index contributed by atoms with van der Waals surface area (Å²) in [6, 6.07) is 14.5. The van der Waals surface area contributed by atoms with E-state index in [0.29, 0.717) is 28.4 Å². The van der Waals surface area contributed by atoms with Crippen molar-refractivity contribution in [2.75, 3.05) is 21.3 Å². The van der Waals surface area contributed by atoms with Crippen LogP contribution in [0.5, 0.6) is 23.0 Å². The molecule has 174 valence electrons. The van der Waals surface area contributed by atoms with E-state index < -0.39 is 10.9 Å². The van der Waals surface area contributed by atoms with Crippen LogP contribution in [0.4, 0.5) is 5.69 Å². The third-order valence-corrected chi connectivity index (χ3v) is 4.78. The molecule has 34 heavy (non-hydrogen) atoms. The maximum atomic E-state index is 12.6. The van der Waals surface area contributed by atoms with Crippen LogP contribution in [0.2, 0.25) is 0 Å². The summed E-state index contributed by atoms with van der Waals surface area (Å²) in [5.41, 5.74) is 1.10. The molecule has 0 radical (unpaired) electrons. The van der Waals surface area contributed by atoms with E-state index in [1.807, 2.05) is 0 Å². The lowest BCUT2D eigenvalue weighted by molar-refractivity contribution is -0.384. The van der Waals surface area contributed by atoms with E-state index in [4.69, 9.17) is 18.9 Å². The Kier molecular flexibility index (Phi) is 7.60. The maximum Gasteiger partial charge on any atom is 0.343 e. The van der Waals surface area contributed by atoms with Gasteiger partial charge in [0.2, 0.25) is 5.75 Å². The largest absolute Gasteiger partial charge is 0.493 e. The molecule has 0 aromatic heterocycles. The molecule has 0 unspecified atom stereocenters. The standard InChI is InChI=1S/C25H21NO8/c1-31-22-14-16(15-23(32-2)24(22)33-3)4-13-21(27)17-7-11-20(12-8-17)34-25(28)18-5-9-19(10-6-18)26(29)30/h4-15H,1-3H3/b13-4+. The van der Waals surface area contributed by atoms with Crippen molar-refractivity contribution in [2.24, 2.45) is 0 Å². The number of methoxy groups -OCH3 is 3. The summed E-state index contributed by atoms with van der Waals surface area (Å²) < 4.78 is 21.2. The number of nitrogens with zero attached hydrogens (tertiary/aromatic N) is 1. The van der Waals surface area contributed by atoms with Gasteiger partial charge in [0.25, 0.3) is 5.69 Å². The Morgan fingerprint density at radius 3 is 1.88 bits per heavy atom. The fourth-order valence-corrected chi connectivity index (χ4v) is 3.04. The topological polar surface area (TPSA) is 114 Å². The molecular formula is C25H21NO8. The number of rotatable bonds is 9. The fraction of sp³-hybridized carbons (Fsp3) is 0.120. The molecule has 0 bridgehead atoms. The number of carbonyl (C=O) groups excluding carboxylic acids is 2. The van der Waals surface area contributed by atoms with Gasteiger partial charge in [-0.3, -0.25) is 14.9 Å². The molecule has 0 saturated carbocycles. The summed E-state index contributed by atoms with van der Waals surface area (Å²) in [6.45, 7) is 0. The molecule has 0 aliphatic carbocycles. The van der Waals surface area contributed by atoms with Gasteiger partial charge in [-0.2, -0.15) is 0 Å². The zero-order chi connectivity index (χ0) is 24.7. The minimum Gasteiger partial charge on any atom is -0.493 e. The maximum absolute atomic E-state index is 12.6. The van der Waals surface area contributed by atoms with E-state index in [2.05, 4.69) is 0 Å². The summed E-state index contributed by atoms with van der Waals surface area (Å²) in [5, 5.41) is 10.7. The number of nitro benzene ring substituents is 1. The summed E-state index contributed by atoms with van der Waals surface area (Å²) in [5.74, 6) is 0.681. The van der Waals surface area contributed by atoms with Gasteiger partial charge >= 0.3 is 5.97 Å². The monoisotopic (exact) mass is 463 g/mol. The lowest BCUT2D eigenvalue weighted by atomic mass is 10.1. The van der Waals surface area contributed by atoms with E-state index in [0.717, 1.165) is 0 Å². The molecule has 3 aromatic carbocycles. The lowest BCUT2D eigenvalue weighted by Gasteiger charge is -2.12. The molecular weight excluding hydrogens is 442 g/mol. The van der Waals surface area contributed by atoms with Crippen LogP contribution in [0, 0.1) is 10.1 Å². The van der Waals surface area contributed by atoms with Crippen molar-refractivity contribution in [3.05, 3.63) is 93.5 Å². The molecule has 9 heteroatoms. The van der Waals surface area contributed by atoms with Crippen LogP contribution in [0.25, 0.3) is 6.08 Å². The number of non-ortho nitro benzene ring substituents is 1. The van der Waals surface area contributed by atoms with Gasteiger partial charge in [-0.25, -0.2) is 4.79 Å². The highest BCUT2D eigenvalue weighted by molar-refractivity contribution is 6.07. The number of benzene rings is 3. The van der Waals surface area contributed by atoms with Crippen LogP contribution in [-0.2, 0) is 0 Å². The van der Waals surface area contributed by atoms with Gasteiger partial charge in [0.1, 0.15) is 5.75 Å². The van der Waals surface area contributed by atoms with Gasteiger partial charge in [-0.05, 0) is 60.2 Å². The van der Waals surface area contributed by atoms with Crippen LogP contribution in [0.1, 0.15) is 26.3 Å². The van der Waals surface area contributed by atoms with Crippen LogP contribution < -0.4 is 18.9 Å². The second kappa shape index (κ2) is 10.8. The predicted octanol–water partition coefficient (Wildman–Crippen LogP) is 4.74. The Morgan fingerprint density at radius 2 is 1.38 bits per heavy atom. The van der Waals surface area contributed by atoms with Gasteiger partial charge in [-0.15, -0.1) is 0 Å². The van der Waals surface area contributed by atoms with Crippen molar-refractivity contribution < 1.29 is 33.5 Å². The second-order valence-corrected chi connectivity index (χ2v) is 6.87. The number of ketones is 1. The van der Waals surface area contributed by atoms with E-state index in [-0.39, 0.29) is 22.8 Å². The Morgan fingerprint density at radius 1 is 0.824 bits per heavy atom. The van der Waals surface area contributed by atoms with Crippen LogP contribution in [0.3, 0.4) is 0 Å². The molecule has 9 nitrogen and oxygen atoms in total. The van der Waals surface area contributed by atoms with Gasteiger partial charge in [0, 0.05) is 17.7 Å². The lowest BCUT2D eigenvalue weighted by Crippen LogP contribution is -2.08. The highest BCUT2D eigenvalue weighted by atomic mass is 16.6. The Labute approximate surface area is 195 Å². The van der Waals surface area contributed by atoms with E-state index in [1.54, 1.807) is 18.2 Å². The minimum absolute atomic E-state index is 0.126. The van der Waals surface area contributed by atoms with Crippen LogP contribution in [-0.4, -0.2) is 38.0 Å². The number of ether oxygens (including phenoxy) is 4. The quantitative estimate of drug-likeness (QED) is 0.112. The van der Waals surface area contributed by atoms with Gasteiger partial charge < -0.3 is 18.9 Å². The minimum atomic E-state index is -0.670. The highest BCUT2D eigenvalue weighted by Gasteiger charge is 2.14. The summed E-state index contributed by atoms with van der Waals surface area (Å²) >= 11 is 0. The van der Waals surface area contributed by atoms with Gasteiger partial charge in [-0.1, -0.05) is 6.08 Å². The zero-order valence-electron chi connectivity index (χ0n) is 18.6. The van der Waals surface area contributed by atoms with E-state index >= 15 is 0 Å². The van der Waals surface area contributed by atoms with Crippen molar-refractivity contribution in [3.63, 3.8) is 0 Å². The first-order valence-corrected chi connectivity index (χ1v) is 9.95. The first kappa shape index (κ1) is 24.0. The Hall–Kier alpha value is -4.66. The fourth-order valence-electron chi connectivity index (χ4n) is 3.04. The molecule has 0 aliphatic rings. The van der Waals surface area contributed by atoms with Crippen molar-refractivity contribution in [1.29, 1.82) is 0 Å². The summed E-state index contributed by atoms with van der Waals surface area (Å²) in [4.78, 5) is 34.9. The van der Waals surface area contributed by atoms with E-state index in [9.17, 15) is 19.7 Å². The van der Waals surface area contributed by atoms with Crippen molar-refractivity contribution in [1.82, 2.24) is 0 Å². The smallest absolute Gasteiger partial charge is 0.343 e. The molecule has 0 aliphatic heterocycles. The van der Waals surface area contributed by atoms with Crippen LogP contribution in [0.15, 0.2) is 66.7 Å². The zero-order valence-corrected chi connectivity index (χ0v) is 18.6. The summed E-state index contributed by atoms with van der Waals surface area (Å²) in [6.07, 6.45) is 3.02. The predicted molar refractivity (Wildman–Crippen MR) is 124 cm³/mol. The Bertz CT molecular complexity index is 1210. The van der Waals surface area contributed by atoms with Crippen LogP contribution >= 0.6 is 0 Å². The molecule has 3 aromatic rings. The molecule has 0 N–H and O–H groups in total. The third kappa shape index (κ3) is 5.57.